The molecule has 1 heterocycles. The van der Waals surface area contributed by atoms with Gasteiger partial charge in [0.25, 0.3) is 5.56 Å². The van der Waals surface area contributed by atoms with Crippen LogP contribution >= 0.6 is 0 Å². The van der Waals surface area contributed by atoms with Gasteiger partial charge in [-0.15, -0.1) is 0 Å². The van der Waals surface area contributed by atoms with E-state index in [0.29, 0.717) is 0 Å². The first kappa shape index (κ1) is 12.8. The number of carbonyl (C=O) groups is 2. The average molecular weight is 241 g/mol. The van der Waals surface area contributed by atoms with Gasteiger partial charge in [0, 0.05) is 13.1 Å². The monoisotopic (exact) mass is 241 g/mol. The summed E-state index contributed by atoms with van der Waals surface area (Å²) in [5.74, 6) is -2.48. The number of carbonyl (C=O) groups excluding carboxylic acids is 2. The summed E-state index contributed by atoms with van der Waals surface area (Å²) in [5.41, 5.74) is -1.38. The predicted molar refractivity (Wildman–Crippen MR) is 56.0 cm³/mol. The van der Waals surface area contributed by atoms with Gasteiger partial charge in [0.2, 0.25) is 5.88 Å². The summed E-state index contributed by atoms with van der Waals surface area (Å²) >= 11 is 0. The van der Waals surface area contributed by atoms with Gasteiger partial charge < -0.3 is 14.6 Å². The molecule has 0 amide bonds. The van der Waals surface area contributed by atoms with E-state index in [1.54, 1.807) is 0 Å². The molecule has 0 spiro atoms. The molecule has 0 saturated carbocycles. The van der Waals surface area contributed by atoms with Gasteiger partial charge in [0.1, 0.15) is 5.56 Å². The molecule has 92 valence electrons. The lowest BCUT2D eigenvalue weighted by atomic mass is 10.1. The molecule has 1 aromatic heterocycles. The third-order valence-corrected chi connectivity index (χ3v) is 2.20. The van der Waals surface area contributed by atoms with Gasteiger partial charge in [0.05, 0.1) is 19.8 Å². The topological polar surface area (TPSA) is 94.8 Å². The fourth-order valence-electron chi connectivity index (χ4n) is 1.26. The van der Waals surface area contributed by atoms with Gasteiger partial charge in [0.15, 0.2) is 0 Å². The third-order valence-electron chi connectivity index (χ3n) is 2.20. The Bertz CT molecular complexity index is 530. The SMILES string of the molecule is COC(=O)c1cc(=O)n(C)c(O)c1C(=O)OC. The number of pyridine rings is 1. The van der Waals surface area contributed by atoms with Crippen molar-refractivity contribution in [2.24, 2.45) is 7.05 Å². The Morgan fingerprint density at radius 3 is 2.24 bits per heavy atom. The zero-order valence-electron chi connectivity index (χ0n) is 9.51. The number of hydrogen-bond donors (Lipinski definition) is 1. The summed E-state index contributed by atoms with van der Waals surface area (Å²) in [7, 11) is 3.44. The van der Waals surface area contributed by atoms with E-state index in [1.807, 2.05) is 0 Å². The Kier molecular flexibility index (Phi) is 3.52. The van der Waals surface area contributed by atoms with E-state index in [4.69, 9.17) is 0 Å². The van der Waals surface area contributed by atoms with E-state index in [0.717, 1.165) is 24.9 Å². The maximum Gasteiger partial charge on any atom is 0.344 e. The lowest BCUT2D eigenvalue weighted by molar-refractivity contribution is 0.0550. The minimum Gasteiger partial charge on any atom is -0.494 e. The molecule has 0 atom stereocenters. The molecule has 0 radical (unpaired) electrons. The van der Waals surface area contributed by atoms with Crippen LogP contribution in [0.4, 0.5) is 0 Å². The van der Waals surface area contributed by atoms with E-state index < -0.39 is 28.9 Å². The fraction of sp³-hybridized carbons (Fsp3) is 0.300. The van der Waals surface area contributed by atoms with Gasteiger partial charge >= 0.3 is 11.9 Å². The van der Waals surface area contributed by atoms with Gasteiger partial charge in [-0.1, -0.05) is 0 Å². The van der Waals surface area contributed by atoms with Crippen LogP contribution in [-0.2, 0) is 16.5 Å². The first-order chi connectivity index (χ1) is 7.93. The Morgan fingerprint density at radius 2 is 1.76 bits per heavy atom. The summed E-state index contributed by atoms with van der Waals surface area (Å²) in [5, 5.41) is 9.66. The second kappa shape index (κ2) is 4.69. The Balaban J connectivity index is 3.63. The molecule has 17 heavy (non-hydrogen) atoms. The largest absolute Gasteiger partial charge is 0.494 e. The predicted octanol–water partition coefficient (Wildman–Crippen LogP) is -0.336. The maximum atomic E-state index is 11.4. The molecular weight excluding hydrogens is 230 g/mol. The number of methoxy groups -OCH3 is 2. The van der Waals surface area contributed by atoms with Crippen molar-refractivity contribution >= 4 is 11.9 Å². The van der Waals surface area contributed by atoms with Crippen LogP contribution in [0.25, 0.3) is 0 Å². The second-order valence-corrected chi connectivity index (χ2v) is 3.14. The maximum absolute atomic E-state index is 11.4. The number of esters is 2. The normalized spacial score (nSPS) is 9.82. The first-order valence-electron chi connectivity index (χ1n) is 4.53. The first-order valence-corrected chi connectivity index (χ1v) is 4.53. The number of ether oxygens (including phenoxy) is 2. The van der Waals surface area contributed by atoms with Crippen molar-refractivity contribution in [2.45, 2.75) is 0 Å². The molecule has 1 N–H and O–H groups in total. The number of aromatic nitrogens is 1. The summed E-state index contributed by atoms with van der Waals surface area (Å²) in [6.45, 7) is 0. The number of aromatic hydroxyl groups is 1. The third kappa shape index (κ3) is 2.12. The Hall–Kier alpha value is -2.31. The number of nitrogens with zero attached hydrogens (tertiary/aromatic N) is 1. The highest BCUT2D eigenvalue weighted by molar-refractivity contribution is 6.04. The van der Waals surface area contributed by atoms with Crippen LogP contribution in [0.1, 0.15) is 20.7 Å². The Morgan fingerprint density at radius 1 is 1.24 bits per heavy atom. The molecular formula is C10H11NO6. The van der Waals surface area contributed by atoms with Crippen LogP contribution in [0.3, 0.4) is 0 Å². The van der Waals surface area contributed by atoms with E-state index in [-0.39, 0.29) is 5.56 Å². The Labute approximate surface area is 96.2 Å². The van der Waals surface area contributed by atoms with Crippen molar-refractivity contribution < 1.29 is 24.2 Å². The van der Waals surface area contributed by atoms with Crippen LogP contribution in [0, 0.1) is 0 Å². The quantitative estimate of drug-likeness (QED) is 0.712. The zero-order chi connectivity index (χ0) is 13.2. The van der Waals surface area contributed by atoms with Crippen molar-refractivity contribution in [1.82, 2.24) is 4.57 Å². The molecule has 0 aliphatic carbocycles. The highest BCUT2D eigenvalue weighted by atomic mass is 16.5. The van der Waals surface area contributed by atoms with Gasteiger partial charge in [-0.25, -0.2) is 9.59 Å². The smallest absolute Gasteiger partial charge is 0.344 e. The number of rotatable bonds is 2. The van der Waals surface area contributed by atoms with E-state index in [1.165, 1.54) is 7.05 Å². The molecule has 7 nitrogen and oxygen atoms in total. The highest BCUT2D eigenvalue weighted by Crippen LogP contribution is 2.20. The van der Waals surface area contributed by atoms with Crippen molar-refractivity contribution in [3.63, 3.8) is 0 Å². The van der Waals surface area contributed by atoms with Gasteiger partial charge in [-0.3, -0.25) is 9.36 Å². The molecule has 0 bridgehead atoms. The standard InChI is InChI=1S/C10H11NO6/c1-11-6(12)4-5(9(14)16-2)7(8(11)13)10(15)17-3/h4,13H,1-3H3. The highest BCUT2D eigenvalue weighted by Gasteiger charge is 2.25. The van der Waals surface area contributed by atoms with Crippen molar-refractivity contribution in [3.8, 4) is 5.88 Å². The van der Waals surface area contributed by atoms with Crippen LogP contribution in [0.2, 0.25) is 0 Å². The lowest BCUT2D eigenvalue weighted by Gasteiger charge is -2.10. The minimum atomic E-state index is -0.932. The fourth-order valence-corrected chi connectivity index (χ4v) is 1.26. The second-order valence-electron chi connectivity index (χ2n) is 3.14. The summed E-state index contributed by atoms with van der Waals surface area (Å²) in [4.78, 5) is 34.2. The summed E-state index contributed by atoms with van der Waals surface area (Å²) in [6.07, 6.45) is 0. The molecule has 7 heteroatoms. The lowest BCUT2D eigenvalue weighted by Crippen LogP contribution is -2.23. The van der Waals surface area contributed by atoms with E-state index in [9.17, 15) is 19.5 Å². The molecule has 0 saturated heterocycles. The molecule has 1 aromatic rings. The van der Waals surface area contributed by atoms with Crippen molar-refractivity contribution in [3.05, 3.63) is 27.5 Å². The molecule has 0 unspecified atom stereocenters. The zero-order valence-corrected chi connectivity index (χ0v) is 9.51. The summed E-state index contributed by atoms with van der Waals surface area (Å²) < 4.78 is 9.66. The number of hydrogen-bond acceptors (Lipinski definition) is 6. The van der Waals surface area contributed by atoms with Crippen molar-refractivity contribution in [1.29, 1.82) is 0 Å². The van der Waals surface area contributed by atoms with Crippen molar-refractivity contribution in [2.75, 3.05) is 14.2 Å². The van der Waals surface area contributed by atoms with Crippen LogP contribution < -0.4 is 5.56 Å². The van der Waals surface area contributed by atoms with E-state index in [2.05, 4.69) is 9.47 Å². The minimum absolute atomic E-state index is 0.333. The molecule has 1 rings (SSSR count). The van der Waals surface area contributed by atoms with Crippen LogP contribution in [0.15, 0.2) is 10.9 Å². The van der Waals surface area contributed by atoms with Gasteiger partial charge in [-0.2, -0.15) is 0 Å². The molecule has 0 fully saturated rings. The summed E-state index contributed by atoms with van der Waals surface area (Å²) in [6, 6.07) is 0.901. The molecule has 0 aliphatic heterocycles. The molecule has 0 aromatic carbocycles. The average Bonchev–Trinajstić information content (AvgIpc) is 2.33. The van der Waals surface area contributed by atoms with Crippen LogP contribution in [-0.4, -0.2) is 35.8 Å². The van der Waals surface area contributed by atoms with Gasteiger partial charge in [-0.05, 0) is 0 Å². The van der Waals surface area contributed by atoms with Crippen LogP contribution in [0.5, 0.6) is 5.88 Å². The molecule has 0 aliphatic rings. The van der Waals surface area contributed by atoms with E-state index >= 15 is 0 Å².